The molecule has 0 bridgehead atoms. The van der Waals surface area contributed by atoms with Gasteiger partial charge < -0.3 is 10.4 Å². The molecule has 0 saturated heterocycles. The van der Waals surface area contributed by atoms with Crippen LogP contribution >= 0.6 is 11.3 Å². The molecule has 2 aromatic heterocycles. The molecule has 0 radical (unpaired) electrons. The molecule has 7 nitrogen and oxygen atoms in total. The van der Waals surface area contributed by atoms with Crippen molar-refractivity contribution in [2.24, 2.45) is 0 Å². The minimum atomic E-state index is -1.08. The SMILES string of the molecule is CCN1C(=O)Nc2c(C(=O)O)sc3ncnc1c23. The van der Waals surface area contributed by atoms with Crippen molar-refractivity contribution >= 4 is 45.1 Å². The van der Waals surface area contributed by atoms with Crippen LogP contribution in [0.5, 0.6) is 0 Å². The van der Waals surface area contributed by atoms with Crippen LogP contribution in [0.2, 0.25) is 0 Å². The zero-order valence-corrected chi connectivity index (χ0v) is 10.1. The van der Waals surface area contributed by atoms with Gasteiger partial charge in [0.05, 0.1) is 11.1 Å². The molecule has 0 spiro atoms. The van der Waals surface area contributed by atoms with Gasteiger partial charge in [-0.3, -0.25) is 4.90 Å². The van der Waals surface area contributed by atoms with Crippen molar-refractivity contribution in [3.63, 3.8) is 0 Å². The first-order chi connectivity index (χ1) is 8.63. The van der Waals surface area contributed by atoms with Crippen molar-refractivity contribution in [2.45, 2.75) is 6.92 Å². The second-order valence-electron chi connectivity index (χ2n) is 3.66. The first-order valence-electron chi connectivity index (χ1n) is 5.22. The Morgan fingerprint density at radius 2 is 2.33 bits per heavy atom. The molecule has 2 amide bonds. The summed E-state index contributed by atoms with van der Waals surface area (Å²) in [6.07, 6.45) is 1.34. The summed E-state index contributed by atoms with van der Waals surface area (Å²) in [6.45, 7) is 2.28. The molecular weight excluding hydrogens is 256 g/mol. The monoisotopic (exact) mass is 264 g/mol. The number of nitrogens with zero attached hydrogens (tertiary/aromatic N) is 3. The first kappa shape index (κ1) is 10.9. The highest BCUT2D eigenvalue weighted by Crippen LogP contribution is 2.42. The highest BCUT2D eigenvalue weighted by Gasteiger charge is 2.31. The normalized spacial score (nSPS) is 13.8. The number of amides is 2. The number of carboxylic acid groups (broad SMARTS) is 1. The van der Waals surface area contributed by atoms with Crippen LogP contribution in [0.1, 0.15) is 16.6 Å². The van der Waals surface area contributed by atoms with E-state index in [2.05, 4.69) is 15.3 Å². The molecule has 0 unspecified atom stereocenters. The number of thiophene rings is 1. The third-order valence-electron chi connectivity index (χ3n) is 2.71. The largest absolute Gasteiger partial charge is 0.477 e. The molecule has 0 atom stereocenters. The molecule has 92 valence electrons. The van der Waals surface area contributed by atoms with Crippen LogP contribution in [-0.4, -0.2) is 33.6 Å². The predicted octanol–water partition coefficient (Wildman–Crippen LogP) is 1.76. The number of hydrogen-bond donors (Lipinski definition) is 2. The second-order valence-corrected chi connectivity index (χ2v) is 4.66. The number of carbonyl (C=O) groups excluding carboxylic acids is 1. The number of carbonyl (C=O) groups is 2. The Kier molecular flexibility index (Phi) is 2.20. The summed E-state index contributed by atoms with van der Waals surface area (Å²) in [4.78, 5) is 33.2. The van der Waals surface area contributed by atoms with E-state index >= 15 is 0 Å². The summed E-state index contributed by atoms with van der Waals surface area (Å²) in [7, 11) is 0. The van der Waals surface area contributed by atoms with E-state index in [9.17, 15) is 9.59 Å². The third-order valence-corrected chi connectivity index (χ3v) is 3.80. The zero-order valence-electron chi connectivity index (χ0n) is 9.30. The van der Waals surface area contributed by atoms with Gasteiger partial charge in [-0.25, -0.2) is 19.6 Å². The summed E-state index contributed by atoms with van der Waals surface area (Å²) in [5.41, 5.74) is 0.299. The number of aromatic nitrogens is 2. The van der Waals surface area contributed by atoms with Crippen LogP contribution in [0.25, 0.3) is 10.2 Å². The minimum absolute atomic E-state index is 0.0795. The molecule has 2 N–H and O–H groups in total. The summed E-state index contributed by atoms with van der Waals surface area (Å²) in [5.74, 6) is -0.616. The van der Waals surface area contributed by atoms with Crippen molar-refractivity contribution in [3.8, 4) is 0 Å². The molecule has 2 aromatic rings. The van der Waals surface area contributed by atoms with Gasteiger partial charge in [0.15, 0.2) is 5.82 Å². The van der Waals surface area contributed by atoms with Gasteiger partial charge in [-0.15, -0.1) is 11.3 Å². The van der Waals surface area contributed by atoms with E-state index in [1.807, 2.05) is 6.92 Å². The summed E-state index contributed by atoms with van der Waals surface area (Å²) in [5, 5.41) is 12.3. The van der Waals surface area contributed by atoms with E-state index in [0.717, 1.165) is 11.3 Å². The van der Waals surface area contributed by atoms with Crippen molar-refractivity contribution in [1.82, 2.24) is 9.97 Å². The van der Waals surface area contributed by atoms with Gasteiger partial charge in [0.2, 0.25) is 0 Å². The summed E-state index contributed by atoms with van der Waals surface area (Å²) >= 11 is 1.03. The van der Waals surface area contributed by atoms with Crippen LogP contribution in [0.3, 0.4) is 0 Å². The van der Waals surface area contributed by atoms with Gasteiger partial charge in [0.1, 0.15) is 16.0 Å². The molecule has 3 heterocycles. The molecule has 0 aromatic carbocycles. The molecule has 0 fully saturated rings. The fourth-order valence-electron chi connectivity index (χ4n) is 1.96. The second kappa shape index (κ2) is 3.64. The Morgan fingerprint density at radius 3 is 3.00 bits per heavy atom. The number of aromatic carboxylic acids is 1. The molecule has 0 saturated carbocycles. The maximum absolute atomic E-state index is 11.9. The summed E-state index contributed by atoms with van der Waals surface area (Å²) < 4.78 is 0. The number of anilines is 2. The number of nitrogens with one attached hydrogen (secondary N) is 1. The van der Waals surface area contributed by atoms with E-state index in [0.29, 0.717) is 28.3 Å². The van der Waals surface area contributed by atoms with Gasteiger partial charge >= 0.3 is 12.0 Å². The Labute approximate surface area is 105 Å². The average molecular weight is 264 g/mol. The Morgan fingerprint density at radius 1 is 1.56 bits per heavy atom. The van der Waals surface area contributed by atoms with E-state index in [-0.39, 0.29) is 10.9 Å². The Balaban J connectivity index is 2.38. The highest BCUT2D eigenvalue weighted by molar-refractivity contribution is 7.21. The van der Waals surface area contributed by atoms with Crippen molar-refractivity contribution in [3.05, 3.63) is 11.2 Å². The highest BCUT2D eigenvalue weighted by atomic mass is 32.1. The summed E-state index contributed by atoms with van der Waals surface area (Å²) in [6, 6.07) is -0.370. The van der Waals surface area contributed by atoms with E-state index in [1.165, 1.54) is 11.2 Å². The minimum Gasteiger partial charge on any atom is -0.477 e. The van der Waals surface area contributed by atoms with Crippen LogP contribution in [0, 0.1) is 0 Å². The van der Waals surface area contributed by atoms with Gasteiger partial charge in [-0.1, -0.05) is 0 Å². The standard InChI is InChI=1S/C10H8N4O3S/c1-2-14-7-4-5(13-10(14)17)6(9(15)16)18-8(4)12-3-11-7/h3H,2H2,1H3,(H,13,17)(H,15,16). The quantitative estimate of drug-likeness (QED) is 0.861. The lowest BCUT2D eigenvalue weighted by atomic mass is 10.2. The van der Waals surface area contributed by atoms with Crippen molar-refractivity contribution in [2.75, 3.05) is 16.8 Å². The maximum atomic E-state index is 11.9. The maximum Gasteiger partial charge on any atom is 0.348 e. The van der Waals surface area contributed by atoms with Crippen LogP contribution < -0.4 is 10.2 Å². The third kappa shape index (κ3) is 1.29. The van der Waals surface area contributed by atoms with Gasteiger partial charge in [-0.2, -0.15) is 0 Å². The Hall–Kier alpha value is -2.22. The van der Waals surface area contributed by atoms with E-state index < -0.39 is 5.97 Å². The zero-order chi connectivity index (χ0) is 12.9. The fraction of sp³-hybridized carbons (Fsp3) is 0.200. The molecule has 18 heavy (non-hydrogen) atoms. The van der Waals surface area contributed by atoms with Crippen LogP contribution in [-0.2, 0) is 0 Å². The number of rotatable bonds is 2. The lowest BCUT2D eigenvalue weighted by Crippen LogP contribution is -2.38. The molecule has 0 aliphatic carbocycles. The first-order valence-corrected chi connectivity index (χ1v) is 6.04. The lowest BCUT2D eigenvalue weighted by molar-refractivity contribution is 0.0703. The molecule has 8 heteroatoms. The number of carboxylic acids is 1. The molecule has 1 aliphatic rings. The Bertz CT molecular complexity index is 681. The van der Waals surface area contributed by atoms with E-state index in [4.69, 9.17) is 5.11 Å². The lowest BCUT2D eigenvalue weighted by Gasteiger charge is -2.25. The average Bonchev–Trinajstić information content (AvgIpc) is 2.70. The van der Waals surface area contributed by atoms with E-state index in [1.54, 1.807) is 0 Å². The smallest absolute Gasteiger partial charge is 0.348 e. The van der Waals surface area contributed by atoms with Gasteiger partial charge in [-0.05, 0) is 6.92 Å². The predicted molar refractivity (Wildman–Crippen MR) is 66.4 cm³/mol. The molecule has 3 rings (SSSR count). The van der Waals surface area contributed by atoms with Gasteiger partial charge in [0.25, 0.3) is 0 Å². The van der Waals surface area contributed by atoms with Crippen molar-refractivity contribution in [1.29, 1.82) is 0 Å². The number of hydrogen-bond acceptors (Lipinski definition) is 5. The van der Waals surface area contributed by atoms with Crippen LogP contribution in [0.15, 0.2) is 6.33 Å². The fourth-order valence-corrected chi connectivity index (χ4v) is 2.89. The topological polar surface area (TPSA) is 95.4 Å². The van der Waals surface area contributed by atoms with Crippen LogP contribution in [0.4, 0.5) is 16.3 Å². The molecule has 1 aliphatic heterocycles. The van der Waals surface area contributed by atoms with Gasteiger partial charge in [0, 0.05) is 6.54 Å². The number of urea groups is 1. The van der Waals surface area contributed by atoms with Crippen molar-refractivity contribution < 1.29 is 14.7 Å². The molecular formula is C10H8N4O3S.